The smallest absolute Gasteiger partial charge is 0.410 e. The van der Waals surface area contributed by atoms with Gasteiger partial charge in [-0.05, 0) is 31.4 Å². The summed E-state index contributed by atoms with van der Waals surface area (Å²) < 4.78 is 5.06. The summed E-state index contributed by atoms with van der Waals surface area (Å²) in [5.74, 6) is 0.501. The largest absolute Gasteiger partial charge is 0.412 e. The van der Waals surface area contributed by atoms with Gasteiger partial charge in [-0.15, -0.1) is 0 Å². The van der Waals surface area contributed by atoms with E-state index in [2.05, 4.69) is 10.6 Å². The van der Waals surface area contributed by atoms with Gasteiger partial charge in [-0.2, -0.15) is 0 Å². The first-order valence-electron chi connectivity index (χ1n) is 7.60. The van der Waals surface area contributed by atoms with Crippen LogP contribution in [0.25, 0.3) is 0 Å². The van der Waals surface area contributed by atoms with Crippen LogP contribution in [0.2, 0.25) is 0 Å². The number of carbonyl (C=O) groups is 2. The number of aliphatic hydroxyl groups excluding tert-OH is 1. The second-order valence-electron chi connectivity index (χ2n) is 4.87. The maximum atomic E-state index is 11.5. The Labute approximate surface area is 130 Å². The third-order valence-corrected chi connectivity index (χ3v) is 2.96. The highest BCUT2D eigenvalue weighted by Gasteiger charge is 2.03. The number of para-hydroxylation sites is 1. The quantitative estimate of drug-likeness (QED) is 0.575. The molecule has 6 heteroatoms. The number of nitrogens with one attached hydrogen (secondary N) is 2. The minimum absolute atomic E-state index is 0.00445. The van der Waals surface area contributed by atoms with Gasteiger partial charge in [0.15, 0.2) is 0 Å². The zero-order valence-corrected chi connectivity index (χ0v) is 12.7. The average molecular weight is 308 g/mol. The van der Waals surface area contributed by atoms with E-state index in [1.54, 1.807) is 24.3 Å². The van der Waals surface area contributed by atoms with Crippen molar-refractivity contribution in [2.24, 2.45) is 0 Å². The van der Waals surface area contributed by atoms with Gasteiger partial charge in [-0.1, -0.05) is 24.6 Å². The predicted octanol–water partition coefficient (Wildman–Crippen LogP) is 1.83. The molecule has 1 aromatic rings. The highest BCUT2D eigenvalue weighted by Crippen LogP contribution is 2.07. The van der Waals surface area contributed by atoms with Gasteiger partial charge in [-0.25, -0.2) is 4.79 Å². The van der Waals surface area contributed by atoms with E-state index < -0.39 is 6.09 Å². The van der Waals surface area contributed by atoms with Crippen LogP contribution in [0.4, 0.5) is 4.79 Å². The predicted molar refractivity (Wildman–Crippen MR) is 83.6 cm³/mol. The summed E-state index contributed by atoms with van der Waals surface area (Å²) in [5, 5.41) is 14.0. The molecule has 0 atom stereocenters. The maximum absolute atomic E-state index is 11.5. The summed E-state index contributed by atoms with van der Waals surface area (Å²) in [5.41, 5.74) is 0. The Morgan fingerprint density at radius 2 is 1.68 bits per heavy atom. The third-order valence-electron chi connectivity index (χ3n) is 2.96. The second kappa shape index (κ2) is 11.6. The summed E-state index contributed by atoms with van der Waals surface area (Å²) in [6.07, 6.45) is 3.00. The summed E-state index contributed by atoms with van der Waals surface area (Å²) in [4.78, 5) is 22.9. The number of rotatable bonds is 10. The fourth-order valence-electron chi connectivity index (χ4n) is 1.80. The minimum Gasteiger partial charge on any atom is -0.410 e. The number of hydrogen-bond donors (Lipinski definition) is 3. The maximum Gasteiger partial charge on any atom is 0.412 e. The molecule has 0 heterocycles. The van der Waals surface area contributed by atoms with Crippen molar-refractivity contribution < 1.29 is 19.4 Å². The molecule has 6 nitrogen and oxygen atoms in total. The summed E-state index contributed by atoms with van der Waals surface area (Å²) in [6, 6.07) is 8.84. The van der Waals surface area contributed by atoms with Crippen molar-refractivity contribution in [1.29, 1.82) is 0 Å². The average Bonchev–Trinajstić information content (AvgIpc) is 2.52. The molecule has 122 valence electrons. The molecule has 0 bridgehead atoms. The number of ether oxygens (including phenoxy) is 1. The molecule has 1 aromatic carbocycles. The molecule has 2 amide bonds. The first-order chi connectivity index (χ1) is 10.7. The Bertz CT molecular complexity index is 437. The number of amides is 2. The van der Waals surface area contributed by atoms with Gasteiger partial charge in [0.2, 0.25) is 5.91 Å². The van der Waals surface area contributed by atoms with E-state index in [0.29, 0.717) is 31.7 Å². The van der Waals surface area contributed by atoms with E-state index >= 15 is 0 Å². The Hall–Kier alpha value is -2.08. The number of carbonyl (C=O) groups excluding carboxylic acids is 2. The van der Waals surface area contributed by atoms with Crippen molar-refractivity contribution in [2.75, 3.05) is 19.7 Å². The highest BCUT2D eigenvalue weighted by molar-refractivity contribution is 5.75. The molecule has 0 radical (unpaired) electrons. The third kappa shape index (κ3) is 8.97. The number of unbranched alkanes of at least 4 members (excludes halogenated alkanes) is 2. The molecule has 22 heavy (non-hydrogen) atoms. The lowest BCUT2D eigenvalue weighted by Crippen LogP contribution is -2.31. The lowest BCUT2D eigenvalue weighted by molar-refractivity contribution is -0.121. The lowest BCUT2D eigenvalue weighted by Gasteiger charge is -2.07. The van der Waals surface area contributed by atoms with Crippen LogP contribution < -0.4 is 15.4 Å². The molecule has 0 aliphatic rings. The Balaban J connectivity index is 1.98. The molecular weight excluding hydrogens is 284 g/mol. The van der Waals surface area contributed by atoms with E-state index in [9.17, 15) is 9.59 Å². The monoisotopic (exact) mass is 308 g/mol. The molecule has 0 aliphatic heterocycles. The van der Waals surface area contributed by atoms with Crippen molar-refractivity contribution in [3.63, 3.8) is 0 Å². The van der Waals surface area contributed by atoms with E-state index in [1.165, 1.54) is 0 Å². The van der Waals surface area contributed by atoms with E-state index in [1.807, 2.05) is 6.07 Å². The number of hydrogen-bond acceptors (Lipinski definition) is 4. The first-order valence-corrected chi connectivity index (χ1v) is 7.60. The Kier molecular flexibility index (Phi) is 9.45. The molecule has 0 fully saturated rings. The fourth-order valence-corrected chi connectivity index (χ4v) is 1.80. The molecular formula is C16H24N2O4. The van der Waals surface area contributed by atoms with Crippen molar-refractivity contribution in [1.82, 2.24) is 10.6 Å². The minimum atomic E-state index is -0.499. The number of benzene rings is 1. The molecule has 0 unspecified atom stereocenters. The van der Waals surface area contributed by atoms with Gasteiger partial charge in [0, 0.05) is 26.1 Å². The summed E-state index contributed by atoms with van der Waals surface area (Å²) in [6.45, 7) is 1.13. The Morgan fingerprint density at radius 3 is 2.41 bits per heavy atom. The van der Waals surface area contributed by atoms with Crippen LogP contribution in [0.1, 0.15) is 32.1 Å². The van der Waals surface area contributed by atoms with Crippen LogP contribution in [0.15, 0.2) is 30.3 Å². The topological polar surface area (TPSA) is 87.7 Å². The van der Waals surface area contributed by atoms with Crippen molar-refractivity contribution in [2.45, 2.75) is 32.1 Å². The fraction of sp³-hybridized carbons (Fsp3) is 0.500. The van der Waals surface area contributed by atoms with Crippen molar-refractivity contribution in [3.05, 3.63) is 30.3 Å². The molecule has 0 saturated carbocycles. The molecule has 1 rings (SSSR count). The van der Waals surface area contributed by atoms with Crippen molar-refractivity contribution in [3.8, 4) is 5.75 Å². The normalized spacial score (nSPS) is 10.0. The van der Waals surface area contributed by atoms with Crippen LogP contribution in [0.5, 0.6) is 5.75 Å². The lowest BCUT2D eigenvalue weighted by atomic mass is 10.2. The van der Waals surface area contributed by atoms with Crippen LogP contribution in [0, 0.1) is 0 Å². The Morgan fingerprint density at radius 1 is 0.955 bits per heavy atom. The zero-order valence-electron chi connectivity index (χ0n) is 12.7. The van der Waals surface area contributed by atoms with Crippen molar-refractivity contribution >= 4 is 12.0 Å². The standard InChI is InChI=1S/C16H24N2O4/c19-13-6-2-5-10-15(20)17-11-7-12-18-16(21)22-14-8-3-1-4-9-14/h1,3-4,8-9,19H,2,5-7,10-13H2,(H,17,20)(H,18,21). The first kappa shape index (κ1) is 18.0. The number of aliphatic hydroxyl groups is 1. The second-order valence-corrected chi connectivity index (χ2v) is 4.87. The molecule has 0 aromatic heterocycles. The molecule has 0 saturated heterocycles. The van der Waals surface area contributed by atoms with Gasteiger partial charge in [-0.3, -0.25) is 4.79 Å². The van der Waals surface area contributed by atoms with E-state index in [-0.39, 0.29) is 12.5 Å². The summed E-state index contributed by atoms with van der Waals surface area (Å²) >= 11 is 0. The van der Waals surface area contributed by atoms with Crippen LogP contribution in [0.3, 0.4) is 0 Å². The van der Waals surface area contributed by atoms with Crippen LogP contribution in [-0.4, -0.2) is 36.8 Å². The van der Waals surface area contributed by atoms with Crippen LogP contribution in [-0.2, 0) is 4.79 Å². The highest BCUT2D eigenvalue weighted by atomic mass is 16.6. The van der Waals surface area contributed by atoms with E-state index in [4.69, 9.17) is 9.84 Å². The molecule has 0 spiro atoms. The SMILES string of the molecule is O=C(CCCCCO)NCCCNC(=O)Oc1ccccc1. The van der Waals surface area contributed by atoms with Gasteiger partial charge in [0.05, 0.1) is 0 Å². The van der Waals surface area contributed by atoms with Gasteiger partial charge < -0.3 is 20.5 Å². The van der Waals surface area contributed by atoms with Gasteiger partial charge in [0.25, 0.3) is 0 Å². The van der Waals surface area contributed by atoms with Crippen LogP contribution >= 0.6 is 0 Å². The van der Waals surface area contributed by atoms with Gasteiger partial charge >= 0.3 is 6.09 Å². The summed E-state index contributed by atoms with van der Waals surface area (Å²) in [7, 11) is 0. The molecule has 0 aliphatic carbocycles. The molecule has 3 N–H and O–H groups in total. The van der Waals surface area contributed by atoms with Gasteiger partial charge in [0.1, 0.15) is 5.75 Å². The zero-order chi connectivity index (χ0) is 16.0. The van der Waals surface area contributed by atoms with E-state index in [0.717, 1.165) is 19.3 Å².